The van der Waals surface area contributed by atoms with Crippen molar-refractivity contribution in [2.45, 2.75) is 6.54 Å². The van der Waals surface area contributed by atoms with Gasteiger partial charge in [-0.15, -0.1) is 0 Å². The molecule has 0 atom stereocenters. The van der Waals surface area contributed by atoms with E-state index < -0.39 is 0 Å². The Morgan fingerprint density at radius 3 is 2.73 bits per heavy atom. The summed E-state index contributed by atoms with van der Waals surface area (Å²) in [6.45, 7) is 0.714. The first-order chi connectivity index (χ1) is 7.36. The largest absolute Gasteiger partial charge is 0.380 e. The second-order valence-electron chi connectivity index (χ2n) is 3.19. The van der Waals surface area contributed by atoms with Gasteiger partial charge in [0.05, 0.1) is 5.69 Å². The van der Waals surface area contributed by atoms with Gasteiger partial charge in [0.25, 0.3) is 0 Å². The number of anilines is 1. The highest BCUT2D eigenvalue weighted by Crippen LogP contribution is 2.16. The Bertz CT molecular complexity index is 429. The number of hydrogen-bond acceptors (Lipinski definition) is 2. The fourth-order valence-electron chi connectivity index (χ4n) is 1.31. The molecule has 0 bridgehead atoms. The molecule has 1 aromatic carbocycles. The Kier molecular flexibility index (Phi) is 3.20. The molecule has 15 heavy (non-hydrogen) atoms. The van der Waals surface area contributed by atoms with Gasteiger partial charge in [0.15, 0.2) is 0 Å². The molecule has 0 saturated carbocycles. The molecule has 0 unspecified atom stereocenters. The van der Waals surface area contributed by atoms with Crippen molar-refractivity contribution in [2.24, 2.45) is 0 Å². The van der Waals surface area contributed by atoms with Crippen LogP contribution in [0.5, 0.6) is 0 Å². The summed E-state index contributed by atoms with van der Waals surface area (Å²) in [4.78, 5) is 4.02. The van der Waals surface area contributed by atoms with Crippen LogP contribution < -0.4 is 5.32 Å². The number of rotatable bonds is 3. The van der Waals surface area contributed by atoms with E-state index in [9.17, 15) is 0 Å². The minimum Gasteiger partial charge on any atom is -0.380 e. The van der Waals surface area contributed by atoms with Gasteiger partial charge < -0.3 is 5.32 Å². The van der Waals surface area contributed by atoms with Gasteiger partial charge in [-0.3, -0.25) is 4.98 Å². The van der Waals surface area contributed by atoms with Gasteiger partial charge in [-0.1, -0.05) is 29.8 Å². The molecule has 2 rings (SSSR count). The van der Waals surface area contributed by atoms with E-state index in [4.69, 9.17) is 11.6 Å². The highest BCUT2D eigenvalue weighted by molar-refractivity contribution is 6.31. The number of nitrogens with one attached hydrogen (secondary N) is 1. The molecule has 0 amide bonds. The van der Waals surface area contributed by atoms with Crippen molar-refractivity contribution in [2.75, 3.05) is 5.32 Å². The zero-order valence-corrected chi connectivity index (χ0v) is 8.91. The van der Waals surface area contributed by atoms with Crippen LogP contribution in [-0.2, 0) is 6.54 Å². The Labute approximate surface area is 93.9 Å². The molecule has 76 valence electrons. The molecule has 0 fully saturated rings. The number of benzene rings is 1. The van der Waals surface area contributed by atoms with Crippen LogP contribution in [0.4, 0.5) is 5.69 Å². The van der Waals surface area contributed by atoms with Crippen LogP contribution in [0.1, 0.15) is 5.56 Å². The van der Waals surface area contributed by atoms with Gasteiger partial charge >= 0.3 is 0 Å². The summed E-state index contributed by atoms with van der Waals surface area (Å²) in [6.07, 6.45) is 3.54. The average Bonchev–Trinajstić information content (AvgIpc) is 2.29. The Morgan fingerprint density at radius 2 is 2.00 bits per heavy atom. The zero-order valence-electron chi connectivity index (χ0n) is 8.15. The Morgan fingerprint density at radius 1 is 1.13 bits per heavy atom. The molecule has 0 saturated heterocycles. The van der Waals surface area contributed by atoms with Crippen LogP contribution >= 0.6 is 11.6 Å². The standard InChI is InChI=1S/C12H11ClN2/c13-12-6-2-1-4-10(12)8-15-11-5-3-7-14-9-11/h1-7,9,15H,8H2. The molecule has 1 aromatic heterocycles. The van der Waals surface area contributed by atoms with Gasteiger partial charge in [0, 0.05) is 24.0 Å². The minimum absolute atomic E-state index is 0.714. The van der Waals surface area contributed by atoms with Crippen LogP contribution in [0.2, 0.25) is 5.02 Å². The Hall–Kier alpha value is -1.54. The fourth-order valence-corrected chi connectivity index (χ4v) is 1.51. The normalized spacial score (nSPS) is 9.93. The van der Waals surface area contributed by atoms with Crippen LogP contribution in [0, 0.1) is 0 Å². The van der Waals surface area contributed by atoms with Crippen LogP contribution in [-0.4, -0.2) is 4.98 Å². The number of nitrogens with zero attached hydrogens (tertiary/aromatic N) is 1. The number of hydrogen-bond donors (Lipinski definition) is 1. The molecule has 0 spiro atoms. The molecule has 0 aliphatic heterocycles. The van der Waals surface area contributed by atoms with Crippen molar-refractivity contribution in [3.63, 3.8) is 0 Å². The predicted octanol–water partition coefficient (Wildman–Crippen LogP) is 3.35. The maximum atomic E-state index is 6.03. The summed E-state index contributed by atoms with van der Waals surface area (Å²) in [5.41, 5.74) is 2.08. The molecule has 0 aliphatic carbocycles. The third kappa shape index (κ3) is 2.70. The van der Waals surface area contributed by atoms with E-state index in [0.29, 0.717) is 6.54 Å². The van der Waals surface area contributed by atoms with Crippen LogP contribution in [0.15, 0.2) is 48.8 Å². The predicted molar refractivity (Wildman–Crippen MR) is 63.0 cm³/mol. The highest BCUT2D eigenvalue weighted by atomic mass is 35.5. The Balaban J connectivity index is 2.03. The van der Waals surface area contributed by atoms with Gasteiger partial charge in [-0.25, -0.2) is 0 Å². The second kappa shape index (κ2) is 4.80. The van der Waals surface area contributed by atoms with Crippen molar-refractivity contribution >= 4 is 17.3 Å². The van der Waals surface area contributed by atoms with Crippen molar-refractivity contribution in [1.82, 2.24) is 4.98 Å². The van der Waals surface area contributed by atoms with Crippen molar-refractivity contribution in [1.29, 1.82) is 0 Å². The maximum Gasteiger partial charge on any atom is 0.0529 e. The smallest absolute Gasteiger partial charge is 0.0529 e. The van der Waals surface area contributed by atoms with Crippen molar-refractivity contribution < 1.29 is 0 Å². The summed E-state index contributed by atoms with van der Waals surface area (Å²) in [6, 6.07) is 11.7. The summed E-state index contributed by atoms with van der Waals surface area (Å²) >= 11 is 6.03. The van der Waals surface area contributed by atoms with Gasteiger partial charge in [0.2, 0.25) is 0 Å². The lowest BCUT2D eigenvalue weighted by atomic mass is 10.2. The summed E-state index contributed by atoms with van der Waals surface area (Å²) in [5.74, 6) is 0. The van der Waals surface area contributed by atoms with Gasteiger partial charge in [-0.2, -0.15) is 0 Å². The zero-order chi connectivity index (χ0) is 10.5. The van der Waals surface area contributed by atoms with E-state index in [0.717, 1.165) is 16.3 Å². The first-order valence-corrected chi connectivity index (χ1v) is 5.11. The first-order valence-electron chi connectivity index (χ1n) is 4.73. The minimum atomic E-state index is 0.714. The van der Waals surface area contributed by atoms with E-state index in [1.165, 1.54) is 0 Å². The molecule has 2 nitrogen and oxygen atoms in total. The average molecular weight is 219 g/mol. The second-order valence-corrected chi connectivity index (χ2v) is 3.59. The lowest BCUT2D eigenvalue weighted by Gasteiger charge is -2.06. The monoisotopic (exact) mass is 218 g/mol. The number of pyridine rings is 1. The molecular formula is C12H11ClN2. The molecular weight excluding hydrogens is 208 g/mol. The number of aromatic nitrogens is 1. The van der Waals surface area contributed by atoms with Crippen LogP contribution in [0.3, 0.4) is 0 Å². The number of halogens is 1. The molecule has 3 heteroatoms. The SMILES string of the molecule is Clc1ccccc1CNc1cccnc1. The summed E-state index contributed by atoms with van der Waals surface area (Å²) < 4.78 is 0. The fraction of sp³-hybridized carbons (Fsp3) is 0.0833. The highest BCUT2D eigenvalue weighted by Gasteiger charge is 1.97. The van der Waals surface area contributed by atoms with E-state index >= 15 is 0 Å². The lowest BCUT2D eigenvalue weighted by molar-refractivity contribution is 1.14. The third-order valence-corrected chi connectivity index (χ3v) is 2.47. The molecule has 1 heterocycles. The summed E-state index contributed by atoms with van der Waals surface area (Å²) in [7, 11) is 0. The van der Waals surface area contributed by atoms with Gasteiger partial charge in [0.1, 0.15) is 0 Å². The molecule has 1 N–H and O–H groups in total. The molecule has 2 aromatic rings. The van der Waals surface area contributed by atoms with Crippen LogP contribution in [0.25, 0.3) is 0 Å². The van der Waals surface area contributed by atoms with E-state index in [2.05, 4.69) is 10.3 Å². The van der Waals surface area contributed by atoms with E-state index in [1.54, 1.807) is 12.4 Å². The molecule has 0 radical (unpaired) electrons. The topological polar surface area (TPSA) is 24.9 Å². The quantitative estimate of drug-likeness (QED) is 0.855. The maximum absolute atomic E-state index is 6.03. The lowest BCUT2D eigenvalue weighted by Crippen LogP contribution is -1.99. The van der Waals surface area contributed by atoms with E-state index in [1.807, 2.05) is 36.4 Å². The van der Waals surface area contributed by atoms with E-state index in [-0.39, 0.29) is 0 Å². The molecule has 0 aliphatic rings. The summed E-state index contributed by atoms with van der Waals surface area (Å²) in [5, 5.41) is 4.04. The van der Waals surface area contributed by atoms with Crippen molar-refractivity contribution in [3.8, 4) is 0 Å². The van der Waals surface area contributed by atoms with Crippen molar-refractivity contribution in [3.05, 3.63) is 59.4 Å². The third-order valence-electron chi connectivity index (χ3n) is 2.10. The first kappa shape index (κ1) is 9.99. The van der Waals surface area contributed by atoms with Gasteiger partial charge in [-0.05, 0) is 23.8 Å².